The van der Waals surface area contributed by atoms with Gasteiger partial charge in [-0.3, -0.25) is 0 Å². The van der Waals surface area contributed by atoms with Crippen LogP contribution in [0, 0.1) is 5.82 Å². The molecular formula is C18H24BrFO5. The van der Waals surface area contributed by atoms with Gasteiger partial charge < -0.3 is 14.2 Å². The summed E-state index contributed by atoms with van der Waals surface area (Å²) < 4.78 is 28.2. The number of benzene rings is 1. The molecule has 0 aliphatic heterocycles. The molecule has 25 heavy (non-hydrogen) atoms. The van der Waals surface area contributed by atoms with Gasteiger partial charge in [-0.15, -0.1) is 0 Å². The third-order valence-electron chi connectivity index (χ3n) is 3.32. The number of carbonyl (C=O) groups is 2. The summed E-state index contributed by atoms with van der Waals surface area (Å²) >= 11 is 3.09. The monoisotopic (exact) mass is 418 g/mol. The molecule has 0 saturated carbocycles. The van der Waals surface area contributed by atoms with Crippen LogP contribution in [-0.4, -0.2) is 31.8 Å². The zero-order chi connectivity index (χ0) is 18.5. The van der Waals surface area contributed by atoms with Crippen LogP contribution >= 0.6 is 15.9 Å². The van der Waals surface area contributed by atoms with Crippen molar-refractivity contribution in [3.63, 3.8) is 0 Å². The summed E-state index contributed by atoms with van der Waals surface area (Å²) in [5, 5.41) is 0. The van der Waals surface area contributed by atoms with E-state index in [0.29, 0.717) is 11.1 Å². The van der Waals surface area contributed by atoms with Gasteiger partial charge in [0, 0.05) is 0 Å². The Morgan fingerprint density at radius 1 is 1.04 bits per heavy atom. The minimum absolute atomic E-state index is 0.181. The predicted octanol–water partition coefficient (Wildman–Crippen LogP) is 4.41. The van der Waals surface area contributed by atoms with Gasteiger partial charge in [-0.2, -0.15) is 0 Å². The van der Waals surface area contributed by atoms with Crippen molar-refractivity contribution in [1.29, 1.82) is 0 Å². The number of ether oxygens (including phenoxy) is 3. The van der Waals surface area contributed by atoms with Crippen molar-refractivity contribution in [2.75, 3.05) is 19.8 Å². The Bertz CT molecular complexity index is 550. The van der Waals surface area contributed by atoms with Crippen LogP contribution < -0.4 is 4.74 Å². The molecule has 140 valence electrons. The SMILES string of the molecule is CCCCCCCCOC(=O)COCC(=O)Oc1ccc(F)cc1Br. The van der Waals surface area contributed by atoms with Crippen molar-refractivity contribution in [2.45, 2.75) is 45.4 Å². The summed E-state index contributed by atoms with van der Waals surface area (Å²) in [6, 6.07) is 3.68. The molecule has 0 aliphatic rings. The molecule has 0 N–H and O–H groups in total. The Hall–Kier alpha value is -1.47. The zero-order valence-electron chi connectivity index (χ0n) is 14.4. The van der Waals surface area contributed by atoms with Gasteiger partial charge >= 0.3 is 11.9 Å². The fourth-order valence-electron chi connectivity index (χ4n) is 2.04. The van der Waals surface area contributed by atoms with Crippen LogP contribution in [0.2, 0.25) is 0 Å². The summed E-state index contributed by atoms with van der Waals surface area (Å²) in [7, 11) is 0. The number of unbranched alkanes of at least 4 members (excludes halogenated alkanes) is 5. The first-order valence-electron chi connectivity index (χ1n) is 8.42. The Balaban J connectivity index is 2.09. The highest BCUT2D eigenvalue weighted by atomic mass is 79.9. The second-order valence-electron chi connectivity index (χ2n) is 5.53. The van der Waals surface area contributed by atoms with Crippen LogP contribution in [0.25, 0.3) is 0 Å². The van der Waals surface area contributed by atoms with Crippen LogP contribution in [0.15, 0.2) is 22.7 Å². The van der Waals surface area contributed by atoms with Crippen molar-refractivity contribution in [3.8, 4) is 5.75 Å². The molecule has 0 atom stereocenters. The molecule has 0 unspecified atom stereocenters. The van der Waals surface area contributed by atoms with E-state index in [1.54, 1.807) is 0 Å². The van der Waals surface area contributed by atoms with Gasteiger partial charge in [0.1, 0.15) is 24.8 Å². The van der Waals surface area contributed by atoms with E-state index in [1.807, 2.05) is 0 Å². The number of hydrogen-bond donors (Lipinski definition) is 0. The van der Waals surface area contributed by atoms with Crippen LogP contribution in [0.3, 0.4) is 0 Å². The van der Waals surface area contributed by atoms with Crippen molar-refractivity contribution in [3.05, 3.63) is 28.5 Å². The first-order valence-corrected chi connectivity index (χ1v) is 9.21. The molecule has 0 fully saturated rings. The van der Waals surface area contributed by atoms with E-state index in [2.05, 4.69) is 22.9 Å². The van der Waals surface area contributed by atoms with Crippen LogP contribution in [-0.2, 0) is 19.1 Å². The van der Waals surface area contributed by atoms with Crippen LogP contribution in [0.5, 0.6) is 5.75 Å². The minimum atomic E-state index is -0.684. The van der Waals surface area contributed by atoms with Gasteiger partial charge in [0.2, 0.25) is 0 Å². The van der Waals surface area contributed by atoms with E-state index >= 15 is 0 Å². The summed E-state index contributed by atoms with van der Waals surface area (Å²) in [5.41, 5.74) is 0. The Morgan fingerprint density at radius 3 is 2.44 bits per heavy atom. The van der Waals surface area contributed by atoms with Crippen molar-refractivity contribution >= 4 is 27.9 Å². The fraction of sp³-hybridized carbons (Fsp3) is 0.556. The lowest BCUT2D eigenvalue weighted by atomic mass is 10.1. The second-order valence-corrected chi connectivity index (χ2v) is 6.38. The maximum atomic E-state index is 12.9. The number of carbonyl (C=O) groups excluding carboxylic acids is 2. The van der Waals surface area contributed by atoms with E-state index in [9.17, 15) is 14.0 Å². The number of halogens is 2. The molecule has 5 nitrogen and oxygen atoms in total. The Labute approximate surface area is 156 Å². The van der Waals surface area contributed by atoms with Crippen molar-refractivity contribution in [2.24, 2.45) is 0 Å². The van der Waals surface area contributed by atoms with E-state index < -0.39 is 24.4 Å². The van der Waals surface area contributed by atoms with Crippen LogP contribution in [0.4, 0.5) is 4.39 Å². The third-order valence-corrected chi connectivity index (χ3v) is 3.94. The summed E-state index contributed by atoms with van der Waals surface area (Å²) in [6.07, 6.45) is 6.65. The molecule has 1 aromatic carbocycles. The molecule has 1 aromatic rings. The third kappa shape index (κ3) is 10.2. The average molecular weight is 419 g/mol. The second kappa shape index (κ2) is 12.8. The van der Waals surface area contributed by atoms with Gasteiger partial charge in [-0.1, -0.05) is 39.0 Å². The van der Waals surface area contributed by atoms with Gasteiger partial charge in [0.25, 0.3) is 0 Å². The molecule has 0 bridgehead atoms. The Morgan fingerprint density at radius 2 is 1.72 bits per heavy atom. The fourth-order valence-corrected chi connectivity index (χ4v) is 2.47. The lowest BCUT2D eigenvalue weighted by Gasteiger charge is -2.07. The molecule has 0 saturated heterocycles. The number of hydrogen-bond acceptors (Lipinski definition) is 5. The predicted molar refractivity (Wildman–Crippen MR) is 94.9 cm³/mol. The molecule has 1 rings (SSSR count). The van der Waals surface area contributed by atoms with E-state index in [1.165, 1.54) is 37.5 Å². The summed E-state index contributed by atoms with van der Waals surface area (Å²) in [6.45, 7) is 1.82. The highest BCUT2D eigenvalue weighted by Gasteiger charge is 2.11. The van der Waals surface area contributed by atoms with Gasteiger partial charge in [0.05, 0.1) is 11.1 Å². The molecule has 7 heteroatoms. The molecule has 0 aliphatic carbocycles. The smallest absolute Gasteiger partial charge is 0.337 e. The van der Waals surface area contributed by atoms with E-state index in [-0.39, 0.29) is 12.4 Å². The normalized spacial score (nSPS) is 10.5. The topological polar surface area (TPSA) is 61.8 Å². The lowest BCUT2D eigenvalue weighted by molar-refractivity contribution is -0.152. The van der Waals surface area contributed by atoms with Gasteiger partial charge in [-0.05, 0) is 40.5 Å². The van der Waals surface area contributed by atoms with E-state index in [4.69, 9.17) is 14.2 Å². The molecule has 0 aromatic heterocycles. The quantitative estimate of drug-likeness (QED) is 0.285. The van der Waals surface area contributed by atoms with Crippen LogP contribution in [0.1, 0.15) is 45.4 Å². The van der Waals surface area contributed by atoms with Gasteiger partial charge in [-0.25, -0.2) is 14.0 Å². The number of rotatable bonds is 12. The van der Waals surface area contributed by atoms with Crippen molar-refractivity contribution < 1.29 is 28.2 Å². The molecule has 0 amide bonds. The summed E-state index contributed by atoms with van der Waals surface area (Å²) in [4.78, 5) is 23.1. The van der Waals surface area contributed by atoms with Gasteiger partial charge in [0.15, 0.2) is 0 Å². The molecule has 0 spiro atoms. The Kier molecular flexibility index (Phi) is 11.1. The van der Waals surface area contributed by atoms with E-state index in [0.717, 1.165) is 19.3 Å². The maximum absolute atomic E-state index is 12.9. The first-order chi connectivity index (χ1) is 12.0. The highest BCUT2D eigenvalue weighted by molar-refractivity contribution is 9.10. The minimum Gasteiger partial charge on any atom is -0.464 e. The average Bonchev–Trinajstić information content (AvgIpc) is 2.56. The molecule has 0 radical (unpaired) electrons. The summed E-state index contributed by atoms with van der Waals surface area (Å²) in [5.74, 6) is -1.46. The number of esters is 2. The highest BCUT2D eigenvalue weighted by Crippen LogP contribution is 2.25. The molecular weight excluding hydrogens is 395 g/mol. The maximum Gasteiger partial charge on any atom is 0.337 e. The lowest BCUT2D eigenvalue weighted by Crippen LogP contribution is -2.20. The largest absolute Gasteiger partial charge is 0.464 e. The molecule has 0 heterocycles. The van der Waals surface area contributed by atoms with Crippen molar-refractivity contribution in [1.82, 2.24) is 0 Å². The first kappa shape index (κ1) is 21.6. The zero-order valence-corrected chi connectivity index (χ0v) is 16.0. The standard InChI is InChI=1S/C18H24BrFO5/c1-2-3-4-5-6-7-10-24-17(21)12-23-13-18(22)25-16-9-8-14(20)11-15(16)19/h8-9,11H,2-7,10,12-13H2,1H3.